The maximum atomic E-state index is 12.8. The first-order valence-corrected chi connectivity index (χ1v) is 12.1. The lowest BCUT2D eigenvalue weighted by atomic mass is 10.00. The Morgan fingerprint density at radius 2 is 1.83 bits per heavy atom. The molecule has 1 aliphatic heterocycles. The molecule has 2 N–H and O–H groups in total. The maximum absolute atomic E-state index is 12.8. The molecule has 2 heterocycles. The van der Waals surface area contributed by atoms with Gasteiger partial charge in [-0.1, -0.05) is 54.6 Å². The van der Waals surface area contributed by atoms with Gasteiger partial charge in [-0.15, -0.1) is 0 Å². The molecular formula is C29H30NO5+. The fourth-order valence-electron chi connectivity index (χ4n) is 4.77. The molecule has 4 aromatic rings. The third kappa shape index (κ3) is 5.09. The molecule has 35 heavy (non-hydrogen) atoms. The van der Waals surface area contributed by atoms with Crippen molar-refractivity contribution in [1.29, 1.82) is 0 Å². The quantitative estimate of drug-likeness (QED) is 0.383. The van der Waals surface area contributed by atoms with Crippen molar-refractivity contribution in [2.45, 2.75) is 26.0 Å². The molecule has 0 bridgehead atoms. The standard InChI is InChI=1S/C29H29NO5/c1-2-33-29(32)27-25-16-24(12-13-26(25)35-28(27)21-9-4-3-5-10-21)34-19-23(31)18-30-15-14-20-8-6-7-11-22(20)17-30/h3-13,16,23,31H,2,14-15,17-19H2,1H3/p+1/t23-/m1/s1. The molecule has 1 unspecified atom stereocenters. The molecule has 1 aliphatic rings. The van der Waals surface area contributed by atoms with Crippen LogP contribution in [-0.2, 0) is 17.7 Å². The van der Waals surface area contributed by atoms with Crippen LogP contribution in [0, 0.1) is 0 Å². The summed E-state index contributed by atoms with van der Waals surface area (Å²) in [5.41, 5.74) is 4.53. The number of rotatable bonds is 8. The van der Waals surface area contributed by atoms with E-state index < -0.39 is 12.1 Å². The van der Waals surface area contributed by atoms with Gasteiger partial charge in [0.25, 0.3) is 0 Å². The normalized spacial score (nSPS) is 16.0. The summed E-state index contributed by atoms with van der Waals surface area (Å²) in [6.45, 7) is 4.76. The molecule has 5 rings (SSSR count). The summed E-state index contributed by atoms with van der Waals surface area (Å²) in [6, 6.07) is 23.4. The van der Waals surface area contributed by atoms with Crippen LogP contribution in [0.2, 0.25) is 0 Å². The lowest BCUT2D eigenvalue weighted by Gasteiger charge is -2.27. The van der Waals surface area contributed by atoms with E-state index in [9.17, 15) is 9.90 Å². The predicted molar refractivity (Wildman–Crippen MR) is 134 cm³/mol. The number of carbonyl (C=O) groups excluding carboxylic acids is 1. The summed E-state index contributed by atoms with van der Waals surface area (Å²) < 4.78 is 17.3. The van der Waals surface area contributed by atoms with Gasteiger partial charge >= 0.3 is 5.97 Å². The Morgan fingerprint density at radius 3 is 2.63 bits per heavy atom. The highest BCUT2D eigenvalue weighted by Crippen LogP contribution is 2.36. The lowest BCUT2D eigenvalue weighted by Crippen LogP contribution is -3.13. The van der Waals surface area contributed by atoms with Crippen LogP contribution < -0.4 is 9.64 Å². The zero-order chi connectivity index (χ0) is 24.2. The second-order valence-electron chi connectivity index (χ2n) is 8.92. The molecule has 0 saturated heterocycles. The molecule has 6 nitrogen and oxygen atoms in total. The molecule has 1 aromatic heterocycles. The minimum absolute atomic E-state index is 0.175. The molecular weight excluding hydrogens is 442 g/mol. The van der Waals surface area contributed by atoms with Gasteiger partial charge < -0.3 is 23.9 Å². The maximum Gasteiger partial charge on any atom is 0.342 e. The van der Waals surface area contributed by atoms with Crippen molar-refractivity contribution in [2.75, 3.05) is 26.3 Å². The molecule has 2 atom stereocenters. The summed E-state index contributed by atoms with van der Waals surface area (Å²) in [4.78, 5) is 14.2. The number of fused-ring (bicyclic) bond motifs is 2. The number of benzene rings is 3. The van der Waals surface area contributed by atoms with Crippen molar-refractivity contribution in [3.63, 3.8) is 0 Å². The van der Waals surface area contributed by atoms with Gasteiger partial charge in [0, 0.05) is 22.9 Å². The van der Waals surface area contributed by atoms with E-state index in [4.69, 9.17) is 13.9 Å². The van der Waals surface area contributed by atoms with Gasteiger partial charge in [-0.25, -0.2) is 4.79 Å². The van der Waals surface area contributed by atoms with E-state index in [2.05, 4.69) is 24.3 Å². The van der Waals surface area contributed by atoms with Gasteiger partial charge in [0.2, 0.25) is 0 Å². The van der Waals surface area contributed by atoms with Crippen LogP contribution in [0.15, 0.2) is 77.2 Å². The van der Waals surface area contributed by atoms with Crippen molar-refractivity contribution < 1.29 is 28.7 Å². The summed E-state index contributed by atoms with van der Waals surface area (Å²) in [5, 5.41) is 11.3. The summed E-state index contributed by atoms with van der Waals surface area (Å²) in [5.74, 6) is 0.614. The van der Waals surface area contributed by atoms with E-state index in [0.29, 0.717) is 34.6 Å². The van der Waals surface area contributed by atoms with E-state index in [1.54, 1.807) is 25.1 Å². The first-order chi connectivity index (χ1) is 17.1. The zero-order valence-corrected chi connectivity index (χ0v) is 19.8. The Balaban J connectivity index is 1.31. The van der Waals surface area contributed by atoms with Crippen molar-refractivity contribution in [2.24, 2.45) is 0 Å². The molecule has 0 amide bonds. The lowest BCUT2D eigenvalue weighted by molar-refractivity contribution is -0.918. The number of aliphatic hydroxyl groups is 1. The second kappa shape index (κ2) is 10.3. The van der Waals surface area contributed by atoms with Crippen LogP contribution in [0.1, 0.15) is 28.4 Å². The topological polar surface area (TPSA) is 73.3 Å². The number of furan rings is 1. The first-order valence-electron chi connectivity index (χ1n) is 12.1. The van der Waals surface area contributed by atoms with Gasteiger partial charge in [-0.2, -0.15) is 0 Å². The summed E-state index contributed by atoms with van der Waals surface area (Å²) in [7, 11) is 0. The van der Waals surface area contributed by atoms with E-state index >= 15 is 0 Å². The minimum atomic E-state index is -0.597. The van der Waals surface area contributed by atoms with Crippen molar-refractivity contribution in [3.8, 4) is 17.1 Å². The smallest absolute Gasteiger partial charge is 0.342 e. The number of hydrogen-bond acceptors (Lipinski definition) is 5. The molecule has 0 saturated carbocycles. The van der Waals surface area contributed by atoms with Crippen LogP contribution >= 0.6 is 0 Å². The first kappa shape index (κ1) is 23.1. The second-order valence-corrected chi connectivity index (χ2v) is 8.92. The number of nitrogens with one attached hydrogen (secondary N) is 1. The zero-order valence-electron chi connectivity index (χ0n) is 19.8. The van der Waals surface area contributed by atoms with Gasteiger partial charge in [0.15, 0.2) is 0 Å². The highest BCUT2D eigenvalue weighted by Gasteiger charge is 2.25. The molecule has 0 spiro atoms. The molecule has 0 aliphatic carbocycles. The van der Waals surface area contributed by atoms with Crippen LogP contribution in [0.3, 0.4) is 0 Å². The fourth-order valence-corrected chi connectivity index (χ4v) is 4.77. The van der Waals surface area contributed by atoms with Crippen LogP contribution in [0.5, 0.6) is 5.75 Å². The predicted octanol–water partition coefficient (Wildman–Crippen LogP) is 3.66. The van der Waals surface area contributed by atoms with Gasteiger partial charge in [-0.05, 0) is 30.7 Å². The highest BCUT2D eigenvalue weighted by atomic mass is 16.5. The number of aliphatic hydroxyl groups excluding tert-OH is 1. The molecule has 6 heteroatoms. The third-order valence-corrected chi connectivity index (χ3v) is 6.45. The monoisotopic (exact) mass is 472 g/mol. The Kier molecular flexibility index (Phi) is 6.84. The Morgan fingerprint density at radius 1 is 1.06 bits per heavy atom. The number of ether oxygens (including phenoxy) is 2. The Hall–Kier alpha value is -3.61. The van der Waals surface area contributed by atoms with Crippen LogP contribution in [-0.4, -0.2) is 43.5 Å². The largest absolute Gasteiger partial charge is 0.491 e. The number of quaternary nitrogens is 1. The Labute approximate surface area is 204 Å². The van der Waals surface area contributed by atoms with E-state index in [-0.39, 0.29) is 13.2 Å². The van der Waals surface area contributed by atoms with Gasteiger partial charge in [0.1, 0.15) is 48.5 Å². The van der Waals surface area contributed by atoms with Crippen molar-refractivity contribution >= 4 is 16.9 Å². The fraction of sp³-hybridized carbons (Fsp3) is 0.276. The third-order valence-electron chi connectivity index (χ3n) is 6.45. The average Bonchev–Trinajstić information content (AvgIpc) is 3.27. The highest BCUT2D eigenvalue weighted by molar-refractivity contribution is 6.09. The number of hydrogen-bond donors (Lipinski definition) is 2. The van der Waals surface area contributed by atoms with Crippen molar-refractivity contribution in [1.82, 2.24) is 0 Å². The van der Waals surface area contributed by atoms with E-state index in [1.165, 1.54) is 16.0 Å². The number of esters is 1. The van der Waals surface area contributed by atoms with Crippen LogP contribution in [0.25, 0.3) is 22.3 Å². The van der Waals surface area contributed by atoms with Gasteiger partial charge in [0.05, 0.1) is 13.2 Å². The molecule has 3 aromatic carbocycles. The van der Waals surface area contributed by atoms with E-state index in [0.717, 1.165) is 25.1 Å². The van der Waals surface area contributed by atoms with Crippen LogP contribution in [0.4, 0.5) is 0 Å². The van der Waals surface area contributed by atoms with Crippen molar-refractivity contribution in [3.05, 3.63) is 89.5 Å². The van der Waals surface area contributed by atoms with Gasteiger partial charge in [-0.3, -0.25) is 0 Å². The average molecular weight is 473 g/mol. The minimum Gasteiger partial charge on any atom is -0.491 e. The molecule has 0 fully saturated rings. The van der Waals surface area contributed by atoms with E-state index in [1.807, 2.05) is 30.3 Å². The summed E-state index contributed by atoms with van der Waals surface area (Å²) in [6.07, 6.45) is 0.427. The number of carbonyl (C=O) groups is 1. The molecule has 0 radical (unpaired) electrons. The Bertz CT molecular complexity index is 1310. The SMILES string of the molecule is CCOC(=O)c1c(-c2ccccc2)oc2ccc(OC[C@H](O)C[NH+]3CCc4ccccc4C3)cc12. The summed E-state index contributed by atoms with van der Waals surface area (Å²) >= 11 is 0. The molecule has 180 valence electrons.